The smallest absolute Gasteiger partial charge is 0.317 e. The van der Waals surface area contributed by atoms with Crippen molar-refractivity contribution in [3.05, 3.63) is 150 Å². The molecular formula is C41H43N7O. The molecule has 0 atom stereocenters. The summed E-state index contributed by atoms with van der Waals surface area (Å²) in [6, 6.07) is 40.6. The molecule has 0 spiro atoms. The molecule has 0 aliphatic carbocycles. The highest BCUT2D eigenvalue weighted by molar-refractivity contribution is 5.95. The Labute approximate surface area is 288 Å². The molecule has 8 nitrogen and oxygen atoms in total. The molecule has 8 heteroatoms. The van der Waals surface area contributed by atoms with E-state index in [1.54, 1.807) is 0 Å². The lowest BCUT2D eigenvalue weighted by atomic mass is 9.77. The minimum absolute atomic E-state index is 0.00782. The number of fused-ring (bicyclic) bond motifs is 1. The SMILES string of the molecule is Cc1nn(C(c2ccccc2)(c2ccccc2)c2ccccc2)cc1-c1ccc2nccc(N3CCN(C(=O)NCCN(C)C)CC3)c2c1. The van der Waals surface area contributed by atoms with Gasteiger partial charge in [0, 0.05) is 68.3 Å². The molecule has 0 unspecified atom stereocenters. The molecule has 248 valence electrons. The molecule has 2 aromatic heterocycles. The van der Waals surface area contributed by atoms with Crippen LogP contribution >= 0.6 is 0 Å². The largest absolute Gasteiger partial charge is 0.367 e. The van der Waals surface area contributed by atoms with E-state index in [1.165, 1.54) is 0 Å². The number of urea groups is 1. The van der Waals surface area contributed by atoms with Gasteiger partial charge in [0.05, 0.1) is 11.2 Å². The number of nitrogens with one attached hydrogen (secondary N) is 1. The molecule has 1 aliphatic rings. The van der Waals surface area contributed by atoms with Gasteiger partial charge in [-0.25, -0.2) is 4.79 Å². The summed E-state index contributed by atoms with van der Waals surface area (Å²) < 4.78 is 2.15. The van der Waals surface area contributed by atoms with E-state index in [2.05, 4.69) is 148 Å². The molecule has 1 saturated heterocycles. The minimum Gasteiger partial charge on any atom is -0.367 e. The zero-order valence-electron chi connectivity index (χ0n) is 28.5. The third kappa shape index (κ3) is 6.27. The third-order valence-electron chi connectivity index (χ3n) is 9.59. The van der Waals surface area contributed by atoms with Gasteiger partial charge in [-0.1, -0.05) is 97.1 Å². The van der Waals surface area contributed by atoms with Gasteiger partial charge in [-0.05, 0) is 61.5 Å². The van der Waals surface area contributed by atoms with Gasteiger partial charge in [0.15, 0.2) is 0 Å². The summed E-state index contributed by atoms with van der Waals surface area (Å²) in [7, 11) is 4.02. The summed E-state index contributed by atoms with van der Waals surface area (Å²) in [5, 5.41) is 9.43. The number of hydrogen-bond acceptors (Lipinski definition) is 5. The van der Waals surface area contributed by atoms with Gasteiger partial charge in [-0.2, -0.15) is 5.10 Å². The number of amides is 2. The molecule has 0 saturated carbocycles. The molecule has 1 N–H and O–H groups in total. The fourth-order valence-electron chi connectivity index (χ4n) is 7.07. The number of nitrogens with zero attached hydrogens (tertiary/aromatic N) is 6. The average Bonchev–Trinajstić information content (AvgIpc) is 3.54. The maximum absolute atomic E-state index is 12.8. The second-order valence-electron chi connectivity index (χ2n) is 13.0. The fraction of sp³-hybridized carbons (Fsp3) is 0.244. The van der Waals surface area contributed by atoms with E-state index in [4.69, 9.17) is 10.1 Å². The first kappa shape index (κ1) is 32.1. The van der Waals surface area contributed by atoms with Crippen LogP contribution in [0.4, 0.5) is 10.5 Å². The van der Waals surface area contributed by atoms with Crippen molar-refractivity contribution in [2.45, 2.75) is 12.5 Å². The molecule has 1 aliphatic heterocycles. The molecular weight excluding hydrogens is 606 g/mol. The van der Waals surface area contributed by atoms with Crippen molar-refractivity contribution in [1.29, 1.82) is 0 Å². The van der Waals surface area contributed by atoms with Crippen molar-refractivity contribution in [3.63, 3.8) is 0 Å². The predicted molar refractivity (Wildman–Crippen MR) is 198 cm³/mol. The van der Waals surface area contributed by atoms with Crippen LogP contribution in [0.1, 0.15) is 22.4 Å². The Morgan fingerprint density at radius 2 is 1.39 bits per heavy atom. The van der Waals surface area contributed by atoms with Gasteiger partial charge in [0.25, 0.3) is 0 Å². The van der Waals surface area contributed by atoms with Crippen molar-refractivity contribution in [2.24, 2.45) is 0 Å². The van der Waals surface area contributed by atoms with E-state index in [9.17, 15) is 4.79 Å². The first-order valence-corrected chi connectivity index (χ1v) is 17.0. The zero-order chi connectivity index (χ0) is 33.8. The number of aryl methyl sites for hydroxylation is 1. The highest BCUT2D eigenvalue weighted by Crippen LogP contribution is 2.42. The predicted octanol–water partition coefficient (Wildman–Crippen LogP) is 6.64. The second kappa shape index (κ2) is 13.9. The highest BCUT2D eigenvalue weighted by atomic mass is 16.2. The minimum atomic E-state index is -0.686. The van der Waals surface area contributed by atoms with Crippen molar-refractivity contribution < 1.29 is 4.79 Å². The average molecular weight is 650 g/mol. The Balaban J connectivity index is 1.25. The van der Waals surface area contributed by atoms with E-state index < -0.39 is 5.54 Å². The van der Waals surface area contributed by atoms with E-state index >= 15 is 0 Å². The molecule has 4 aromatic carbocycles. The number of pyridine rings is 1. The van der Waals surface area contributed by atoms with Gasteiger partial charge in [0.1, 0.15) is 5.54 Å². The lowest BCUT2D eigenvalue weighted by Gasteiger charge is -2.36. The standard InChI is InChI=1S/C41H43N7O/c1-31-37(30-48(44-31)41(33-13-7-4-8-14-33,34-15-9-5-10-16-34)35-17-11-6-12-18-35)32-19-20-38-36(29-32)39(21-22-42-38)46-25-27-47(28-26-46)40(49)43-23-24-45(2)3/h4-22,29-30H,23-28H2,1-3H3,(H,43,49). The van der Waals surface area contributed by atoms with Crippen LogP contribution in [0.3, 0.4) is 0 Å². The van der Waals surface area contributed by atoms with E-state index in [0.717, 1.165) is 69.7 Å². The summed E-state index contributed by atoms with van der Waals surface area (Å²) in [5.74, 6) is 0. The van der Waals surface area contributed by atoms with E-state index in [0.29, 0.717) is 19.6 Å². The highest BCUT2D eigenvalue weighted by Gasteiger charge is 2.39. The topological polar surface area (TPSA) is 69.5 Å². The number of anilines is 1. The number of hydrogen-bond donors (Lipinski definition) is 1. The van der Waals surface area contributed by atoms with Crippen LogP contribution in [0.2, 0.25) is 0 Å². The van der Waals surface area contributed by atoms with Gasteiger partial charge in [-0.15, -0.1) is 0 Å². The number of benzene rings is 4. The molecule has 49 heavy (non-hydrogen) atoms. The number of rotatable bonds is 9. The summed E-state index contributed by atoms with van der Waals surface area (Å²) >= 11 is 0. The van der Waals surface area contributed by atoms with Crippen molar-refractivity contribution in [1.82, 2.24) is 29.9 Å². The first-order valence-electron chi connectivity index (χ1n) is 17.0. The molecule has 0 bridgehead atoms. The van der Waals surface area contributed by atoms with Crippen LogP contribution in [0.15, 0.2) is 128 Å². The number of piperazine rings is 1. The van der Waals surface area contributed by atoms with Crippen molar-refractivity contribution >= 4 is 22.6 Å². The number of carbonyl (C=O) groups is 1. The van der Waals surface area contributed by atoms with Gasteiger partial charge < -0.3 is 20.0 Å². The lowest BCUT2D eigenvalue weighted by molar-refractivity contribution is 0.193. The Morgan fingerprint density at radius 1 is 0.796 bits per heavy atom. The quantitative estimate of drug-likeness (QED) is 0.178. The summed E-state index contributed by atoms with van der Waals surface area (Å²) in [6.45, 7) is 6.41. The van der Waals surface area contributed by atoms with Crippen LogP contribution in [-0.4, -0.2) is 84.0 Å². The molecule has 3 heterocycles. The van der Waals surface area contributed by atoms with Crippen LogP contribution in [0.25, 0.3) is 22.0 Å². The van der Waals surface area contributed by atoms with Crippen molar-refractivity contribution in [2.75, 3.05) is 58.3 Å². The maximum Gasteiger partial charge on any atom is 0.317 e. The van der Waals surface area contributed by atoms with Crippen LogP contribution in [-0.2, 0) is 5.54 Å². The molecule has 6 aromatic rings. The number of likely N-dealkylation sites (N-methyl/N-ethyl adjacent to an activating group) is 1. The molecule has 1 fully saturated rings. The molecule has 7 rings (SSSR count). The van der Waals surface area contributed by atoms with Gasteiger partial charge in [-0.3, -0.25) is 9.67 Å². The summed E-state index contributed by atoms with van der Waals surface area (Å²) in [4.78, 5) is 23.9. The Hall–Kier alpha value is -5.47. The van der Waals surface area contributed by atoms with Gasteiger partial charge in [0.2, 0.25) is 0 Å². The number of carbonyl (C=O) groups excluding carboxylic acids is 1. The Kier molecular flexibility index (Phi) is 9.13. The lowest BCUT2D eigenvalue weighted by Crippen LogP contribution is -2.52. The van der Waals surface area contributed by atoms with Crippen LogP contribution in [0.5, 0.6) is 0 Å². The maximum atomic E-state index is 12.8. The zero-order valence-corrected chi connectivity index (χ0v) is 28.5. The van der Waals surface area contributed by atoms with Crippen molar-refractivity contribution in [3.8, 4) is 11.1 Å². The van der Waals surface area contributed by atoms with Crippen LogP contribution in [0, 0.1) is 6.92 Å². The first-order chi connectivity index (χ1) is 23.9. The second-order valence-corrected chi connectivity index (χ2v) is 13.0. The number of aromatic nitrogens is 3. The summed E-state index contributed by atoms with van der Waals surface area (Å²) in [5.41, 5.74) is 7.92. The Morgan fingerprint density at radius 3 is 1.96 bits per heavy atom. The molecule has 2 amide bonds. The molecule has 0 radical (unpaired) electrons. The Bertz CT molecular complexity index is 1920. The third-order valence-corrected chi connectivity index (χ3v) is 9.59. The monoisotopic (exact) mass is 649 g/mol. The van der Waals surface area contributed by atoms with Gasteiger partial charge >= 0.3 is 6.03 Å². The van der Waals surface area contributed by atoms with Crippen LogP contribution < -0.4 is 10.2 Å². The summed E-state index contributed by atoms with van der Waals surface area (Å²) in [6.07, 6.45) is 4.09. The van der Waals surface area contributed by atoms with E-state index in [1.807, 2.05) is 25.2 Å². The van der Waals surface area contributed by atoms with E-state index in [-0.39, 0.29) is 6.03 Å². The fourth-order valence-corrected chi connectivity index (χ4v) is 7.07. The normalized spacial score (nSPS) is 13.6.